The van der Waals surface area contributed by atoms with Gasteiger partial charge in [0.05, 0.1) is 6.33 Å². The highest BCUT2D eigenvalue weighted by Crippen LogP contribution is 2.21. The Morgan fingerprint density at radius 3 is 2.63 bits per heavy atom. The first-order valence-electron chi connectivity index (χ1n) is 5.63. The SMILES string of the molecule is Cc1c(N)ncn(C(C(=O)O)c2ccccc2)c1=S. The molecule has 3 N–H and O–H groups in total. The molecule has 0 aliphatic heterocycles. The molecule has 0 fully saturated rings. The van der Waals surface area contributed by atoms with Gasteiger partial charge < -0.3 is 15.4 Å². The van der Waals surface area contributed by atoms with Crippen LogP contribution in [0.15, 0.2) is 36.7 Å². The van der Waals surface area contributed by atoms with Gasteiger partial charge in [0.15, 0.2) is 6.04 Å². The van der Waals surface area contributed by atoms with Gasteiger partial charge in [0, 0.05) is 5.56 Å². The van der Waals surface area contributed by atoms with Crippen molar-refractivity contribution in [3.63, 3.8) is 0 Å². The molecule has 0 saturated heterocycles. The molecule has 0 amide bonds. The number of hydrogen-bond donors (Lipinski definition) is 2. The van der Waals surface area contributed by atoms with Gasteiger partial charge in [-0.25, -0.2) is 9.78 Å². The first kappa shape index (κ1) is 13.2. The number of nitrogen functional groups attached to an aromatic ring is 1. The topological polar surface area (TPSA) is 81.1 Å². The highest BCUT2D eigenvalue weighted by atomic mass is 32.1. The molecule has 1 atom stereocenters. The molecule has 19 heavy (non-hydrogen) atoms. The predicted molar refractivity (Wildman–Crippen MR) is 74.4 cm³/mol. The lowest BCUT2D eigenvalue weighted by Gasteiger charge is -2.17. The van der Waals surface area contributed by atoms with Crippen LogP contribution in [0.3, 0.4) is 0 Å². The van der Waals surface area contributed by atoms with Crippen LogP contribution < -0.4 is 5.73 Å². The molecule has 0 radical (unpaired) electrons. The standard InChI is InChI=1S/C13H13N3O2S/c1-8-11(14)15-7-16(12(8)19)10(13(17)18)9-5-3-2-4-6-9/h2-7,10H,14H2,1H3,(H,17,18). The fraction of sp³-hybridized carbons (Fsp3) is 0.154. The molecule has 0 saturated carbocycles. The van der Waals surface area contributed by atoms with Crippen LogP contribution in [0.2, 0.25) is 0 Å². The molecule has 6 heteroatoms. The molecule has 0 spiro atoms. The van der Waals surface area contributed by atoms with E-state index < -0.39 is 12.0 Å². The van der Waals surface area contributed by atoms with Crippen LogP contribution in [0.4, 0.5) is 5.82 Å². The zero-order valence-corrected chi connectivity index (χ0v) is 11.1. The normalized spacial score (nSPS) is 12.1. The van der Waals surface area contributed by atoms with Gasteiger partial charge >= 0.3 is 5.97 Å². The Balaban J connectivity index is 2.62. The zero-order chi connectivity index (χ0) is 14.0. The Morgan fingerprint density at radius 1 is 1.42 bits per heavy atom. The maximum atomic E-state index is 11.5. The Bertz CT molecular complexity index is 667. The van der Waals surface area contributed by atoms with Crippen LogP contribution in [-0.4, -0.2) is 20.6 Å². The largest absolute Gasteiger partial charge is 0.479 e. The summed E-state index contributed by atoms with van der Waals surface area (Å²) >= 11 is 5.26. The number of rotatable bonds is 3. The van der Waals surface area contributed by atoms with Gasteiger partial charge in [0.1, 0.15) is 10.5 Å². The Morgan fingerprint density at radius 2 is 2.05 bits per heavy atom. The van der Waals surface area contributed by atoms with Crippen LogP contribution in [0.1, 0.15) is 17.2 Å². The van der Waals surface area contributed by atoms with E-state index in [2.05, 4.69) is 4.98 Å². The van der Waals surface area contributed by atoms with Crippen molar-refractivity contribution in [2.75, 3.05) is 5.73 Å². The summed E-state index contributed by atoms with van der Waals surface area (Å²) in [4.78, 5) is 15.5. The van der Waals surface area contributed by atoms with Gasteiger partial charge in [-0.3, -0.25) is 0 Å². The van der Waals surface area contributed by atoms with Crippen molar-refractivity contribution in [3.05, 3.63) is 52.4 Å². The van der Waals surface area contributed by atoms with Gasteiger partial charge in [-0.05, 0) is 12.5 Å². The van der Waals surface area contributed by atoms with Gasteiger partial charge in [0.2, 0.25) is 0 Å². The van der Waals surface area contributed by atoms with E-state index in [0.29, 0.717) is 21.6 Å². The Labute approximate surface area is 115 Å². The molecular formula is C13H13N3O2S. The van der Waals surface area contributed by atoms with Crippen LogP contribution in [0.5, 0.6) is 0 Å². The third kappa shape index (κ3) is 2.48. The van der Waals surface area contributed by atoms with Crippen molar-refractivity contribution < 1.29 is 9.90 Å². The van der Waals surface area contributed by atoms with E-state index in [-0.39, 0.29) is 0 Å². The number of nitrogens with zero attached hydrogens (tertiary/aromatic N) is 2. The minimum absolute atomic E-state index is 0.318. The summed E-state index contributed by atoms with van der Waals surface area (Å²) in [5.41, 5.74) is 6.91. The van der Waals surface area contributed by atoms with Gasteiger partial charge in [-0.2, -0.15) is 0 Å². The maximum absolute atomic E-state index is 11.5. The molecule has 1 aromatic heterocycles. The van der Waals surface area contributed by atoms with E-state index in [0.717, 1.165) is 0 Å². The number of carbonyl (C=O) groups is 1. The summed E-state index contributed by atoms with van der Waals surface area (Å²) in [5.74, 6) is -0.674. The number of anilines is 1. The first-order valence-corrected chi connectivity index (χ1v) is 6.04. The lowest BCUT2D eigenvalue weighted by molar-refractivity contribution is -0.139. The zero-order valence-electron chi connectivity index (χ0n) is 10.3. The molecule has 1 unspecified atom stereocenters. The fourth-order valence-electron chi connectivity index (χ4n) is 1.82. The lowest BCUT2D eigenvalue weighted by Crippen LogP contribution is -2.22. The molecule has 1 aromatic carbocycles. The number of aliphatic carboxylic acids is 1. The molecule has 0 bridgehead atoms. The van der Waals surface area contributed by atoms with E-state index in [9.17, 15) is 9.90 Å². The van der Waals surface area contributed by atoms with Crippen LogP contribution in [-0.2, 0) is 4.79 Å². The molecule has 0 aliphatic rings. The van der Waals surface area contributed by atoms with Crippen LogP contribution in [0, 0.1) is 11.6 Å². The number of nitrogens with two attached hydrogens (primary N) is 1. The van der Waals surface area contributed by atoms with E-state index in [1.165, 1.54) is 10.9 Å². The van der Waals surface area contributed by atoms with Crippen molar-refractivity contribution in [3.8, 4) is 0 Å². The minimum atomic E-state index is -0.992. The monoisotopic (exact) mass is 275 g/mol. The Kier molecular flexibility index (Phi) is 3.62. The summed E-state index contributed by atoms with van der Waals surface area (Å²) in [6.07, 6.45) is 1.37. The number of carboxylic acids is 1. The summed E-state index contributed by atoms with van der Waals surface area (Å²) in [6, 6.07) is 7.98. The van der Waals surface area contributed by atoms with E-state index in [1.54, 1.807) is 31.2 Å². The third-order valence-corrected chi connectivity index (χ3v) is 3.41. The molecular weight excluding hydrogens is 262 g/mol. The highest BCUT2D eigenvalue weighted by molar-refractivity contribution is 7.71. The second-order valence-corrected chi connectivity index (χ2v) is 4.51. The molecule has 2 rings (SSSR count). The summed E-state index contributed by atoms with van der Waals surface area (Å²) in [6.45, 7) is 1.73. The molecule has 5 nitrogen and oxygen atoms in total. The summed E-state index contributed by atoms with van der Waals surface area (Å²) in [7, 11) is 0. The van der Waals surface area contributed by atoms with Crippen LogP contribution >= 0.6 is 12.2 Å². The maximum Gasteiger partial charge on any atom is 0.331 e. The van der Waals surface area contributed by atoms with Crippen molar-refractivity contribution in [1.29, 1.82) is 0 Å². The van der Waals surface area contributed by atoms with Crippen molar-refractivity contribution >= 4 is 24.0 Å². The fourth-order valence-corrected chi connectivity index (χ4v) is 2.08. The second-order valence-electron chi connectivity index (χ2n) is 4.12. The number of carboxylic acid groups (broad SMARTS) is 1. The third-order valence-electron chi connectivity index (χ3n) is 2.89. The van der Waals surface area contributed by atoms with Gasteiger partial charge in [0.25, 0.3) is 0 Å². The quantitative estimate of drug-likeness (QED) is 0.839. The molecule has 98 valence electrons. The summed E-state index contributed by atoms with van der Waals surface area (Å²) < 4.78 is 1.82. The van der Waals surface area contributed by atoms with Gasteiger partial charge in [-0.1, -0.05) is 42.5 Å². The average molecular weight is 275 g/mol. The van der Waals surface area contributed by atoms with Gasteiger partial charge in [-0.15, -0.1) is 0 Å². The molecule has 2 aromatic rings. The number of benzene rings is 1. The second kappa shape index (κ2) is 5.19. The smallest absolute Gasteiger partial charge is 0.331 e. The first-order chi connectivity index (χ1) is 9.02. The van der Waals surface area contributed by atoms with E-state index in [4.69, 9.17) is 18.0 Å². The van der Waals surface area contributed by atoms with Crippen LogP contribution in [0.25, 0.3) is 0 Å². The Hall–Kier alpha value is -2.21. The van der Waals surface area contributed by atoms with Crippen molar-refractivity contribution in [2.45, 2.75) is 13.0 Å². The number of hydrogen-bond acceptors (Lipinski definition) is 4. The van der Waals surface area contributed by atoms with E-state index >= 15 is 0 Å². The number of aromatic nitrogens is 2. The highest BCUT2D eigenvalue weighted by Gasteiger charge is 2.22. The minimum Gasteiger partial charge on any atom is -0.479 e. The average Bonchev–Trinajstić information content (AvgIpc) is 2.40. The van der Waals surface area contributed by atoms with Crippen molar-refractivity contribution in [1.82, 2.24) is 9.55 Å². The predicted octanol–water partition coefficient (Wildman–Crippen LogP) is 2.18. The molecule has 0 aliphatic carbocycles. The van der Waals surface area contributed by atoms with Crippen molar-refractivity contribution in [2.24, 2.45) is 0 Å². The van der Waals surface area contributed by atoms with E-state index in [1.807, 2.05) is 6.07 Å². The lowest BCUT2D eigenvalue weighted by atomic mass is 10.1. The summed E-state index contributed by atoms with van der Waals surface area (Å²) in [5, 5.41) is 9.44. The molecule has 1 heterocycles.